The molecule has 98 valence electrons. The average molecular weight is 288 g/mol. The molecule has 1 aliphatic heterocycles. The van der Waals surface area contributed by atoms with Gasteiger partial charge in [-0.3, -0.25) is 4.79 Å². The Morgan fingerprint density at radius 3 is 2.50 bits per heavy atom. The van der Waals surface area contributed by atoms with Crippen LogP contribution < -0.4 is 0 Å². The molecule has 0 saturated carbocycles. The van der Waals surface area contributed by atoms with E-state index in [1.807, 2.05) is 6.92 Å². The molecule has 0 bridgehead atoms. The van der Waals surface area contributed by atoms with Crippen LogP contribution in [-0.2, 0) is 14.8 Å². The van der Waals surface area contributed by atoms with Crippen molar-refractivity contribution < 1.29 is 13.2 Å². The van der Waals surface area contributed by atoms with E-state index >= 15 is 0 Å². The predicted octanol–water partition coefficient (Wildman–Crippen LogP) is 1.91. The Hall–Kier alpha value is -1.07. The Morgan fingerprint density at radius 2 is 1.94 bits per heavy atom. The number of alkyl halides is 1. The van der Waals surface area contributed by atoms with E-state index in [4.69, 9.17) is 11.6 Å². The van der Waals surface area contributed by atoms with Gasteiger partial charge in [0, 0.05) is 12.3 Å². The van der Waals surface area contributed by atoms with Gasteiger partial charge < -0.3 is 0 Å². The van der Waals surface area contributed by atoms with Crippen LogP contribution in [0.25, 0.3) is 0 Å². The number of benzene rings is 1. The summed E-state index contributed by atoms with van der Waals surface area (Å²) in [4.78, 5) is 11.9. The van der Waals surface area contributed by atoms with E-state index in [1.54, 1.807) is 12.1 Å². The third-order valence-corrected chi connectivity index (χ3v) is 5.27. The Bertz CT molecular complexity index is 553. The van der Waals surface area contributed by atoms with Crippen LogP contribution >= 0.6 is 11.6 Å². The lowest BCUT2D eigenvalue weighted by Gasteiger charge is -2.22. The molecule has 1 unspecified atom stereocenters. The van der Waals surface area contributed by atoms with E-state index in [1.165, 1.54) is 12.1 Å². The molecule has 1 atom stereocenters. The maximum atomic E-state index is 12.4. The minimum Gasteiger partial charge on any atom is -0.274 e. The Balaban J connectivity index is 2.41. The van der Waals surface area contributed by atoms with Gasteiger partial charge in [-0.1, -0.05) is 17.7 Å². The summed E-state index contributed by atoms with van der Waals surface area (Å²) in [5.41, 5.74) is 0.968. The number of hydrogen-bond donors (Lipinski definition) is 0. The van der Waals surface area contributed by atoms with Crippen molar-refractivity contribution >= 4 is 27.5 Å². The second kappa shape index (κ2) is 4.90. The molecule has 2 rings (SSSR count). The van der Waals surface area contributed by atoms with Gasteiger partial charge in [-0.2, -0.15) is 0 Å². The molecule has 1 heterocycles. The summed E-state index contributed by atoms with van der Waals surface area (Å²) in [7, 11) is -3.77. The van der Waals surface area contributed by atoms with E-state index in [0.29, 0.717) is 6.42 Å². The maximum Gasteiger partial charge on any atom is 0.266 e. The number of aryl methyl sites for hydroxylation is 1. The topological polar surface area (TPSA) is 54.5 Å². The number of nitrogens with zero attached hydrogens (tertiary/aromatic N) is 1. The number of hydrogen-bond acceptors (Lipinski definition) is 3. The summed E-state index contributed by atoms with van der Waals surface area (Å²) >= 11 is 5.73. The van der Waals surface area contributed by atoms with Crippen molar-refractivity contribution in [3.05, 3.63) is 29.8 Å². The van der Waals surface area contributed by atoms with Gasteiger partial charge in [0.2, 0.25) is 5.91 Å². The quantitative estimate of drug-likeness (QED) is 0.798. The summed E-state index contributed by atoms with van der Waals surface area (Å²) in [6, 6.07) is 6.03. The van der Waals surface area contributed by atoms with Crippen molar-refractivity contribution in [3.63, 3.8) is 0 Å². The number of sulfonamides is 1. The number of carbonyl (C=O) groups is 1. The first-order chi connectivity index (χ1) is 8.46. The van der Waals surface area contributed by atoms with Crippen molar-refractivity contribution in [2.75, 3.05) is 5.88 Å². The van der Waals surface area contributed by atoms with Crippen LogP contribution in [0.4, 0.5) is 0 Å². The van der Waals surface area contributed by atoms with E-state index in [-0.39, 0.29) is 23.1 Å². The molecule has 18 heavy (non-hydrogen) atoms. The number of rotatable bonds is 3. The zero-order valence-electron chi connectivity index (χ0n) is 9.97. The highest BCUT2D eigenvalue weighted by molar-refractivity contribution is 7.89. The standard InChI is InChI=1S/C12H14ClNO3S/c1-9-2-5-11(6-3-9)18(16,17)14-10(8-13)4-7-12(14)15/h2-3,5-6,10H,4,7-8H2,1H3. The summed E-state index contributed by atoms with van der Waals surface area (Å²) in [6.07, 6.45) is 0.732. The van der Waals surface area contributed by atoms with Crippen LogP contribution in [0, 0.1) is 6.92 Å². The molecule has 0 aromatic heterocycles. The molecular weight excluding hydrogens is 274 g/mol. The number of halogens is 1. The van der Waals surface area contributed by atoms with Gasteiger partial charge in [-0.15, -0.1) is 11.6 Å². The van der Waals surface area contributed by atoms with Gasteiger partial charge in [0.25, 0.3) is 10.0 Å². The van der Waals surface area contributed by atoms with E-state index in [2.05, 4.69) is 0 Å². The maximum absolute atomic E-state index is 12.4. The Labute approximate surface area is 112 Å². The summed E-state index contributed by atoms with van der Waals surface area (Å²) in [5, 5.41) is 0. The van der Waals surface area contributed by atoms with Crippen LogP contribution in [0.5, 0.6) is 0 Å². The van der Waals surface area contributed by atoms with Crippen LogP contribution in [0.15, 0.2) is 29.2 Å². The van der Waals surface area contributed by atoms with Crippen molar-refractivity contribution in [3.8, 4) is 0 Å². The van der Waals surface area contributed by atoms with Crippen molar-refractivity contribution in [2.24, 2.45) is 0 Å². The normalized spacial score (nSPS) is 20.4. The monoisotopic (exact) mass is 287 g/mol. The first-order valence-electron chi connectivity index (χ1n) is 5.66. The van der Waals surface area contributed by atoms with Gasteiger partial charge in [0.15, 0.2) is 0 Å². The molecule has 0 spiro atoms. The smallest absolute Gasteiger partial charge is 0.266 e. The fraction of sp³-hybridized carbons (Fsp3) is 0.417. The van der Waals surface area contributed by atoms with Crippen molar-refractivity contribution in [1.82, 2.24) is 4.31 Å². The van der Waals surface area contributed by atoms with Gasteiger partial charge in [0.1, 0.15) is 0 Å². The molecule has 0 N–H and O–H groups in total. The van der Waals surface area contributed by atoms with Crippen LogP contribution in [0.1, 0.15) is 18.4 Å². The lowest BCUT2D eigenvalue weighted by molar-refractivity contribution is -0.124. The third-order valence-electron chi connectivity index (χ3n) is 3.02. The minimum absolute atomic E-state index is 0.136. The lowest BCUT2D eigenvalue weighted by Crippen LogP contribution is -2.39. The molecule has 1 amide bonds. The molecule has 1 aromatic carbocycles. The fourth-order valence-electron chi connectivity index (χ4n) is 2.02. The first-order valence-corrected chi connectivity index (χ1v) is 7.64. The molecule has 6 heteroatoms. The molecular formula is C12H14ClNO3S. The molecule has 1 fully saturated rings. The Kier molecular flexibility index (Phi) is 3.64. The first kappa shape index (κ1) is 13.4. The summed E-state index contributed by atoms with van der Waals surface area (Å²) < 4.78 is 25.7. The highest BCUT2D eigenvalue weighted by Crippen LogP contribution is 2.27. The summed E-state index contributed by atoms with van der Waals surface area (Å²) in [6.45, 7) is 1.87. The van der Waals surface area contributed by atoms with Crippen LogP contribution in [-0.4, -0.2) is 30.6 Å². The van der Waals surface area contributed by atoms with E-state index in [9.17, 15) is 13.2 Å². The van der Waals surface area contributed by atoms with Crippen molar-refractivity contribution in [2.45, 2.75) is 30.7 Å². The zero-order valence-corrected chi connectivity index (χ0v) is 11.5. The second-order valence-electron chi connectivity index (χ2n) is 4.35. The van der Waals surface area contributed by atoms with Gasteiger partial charge in [0.05, 0.1) is 10.9 Å². The largest absolute Gasteiger partial charge is 0.274 e. The molecule has 1 aliphatic rings. The minimum atomic E-state index is -3.77. The molecule has 0 aliphatic carbocycles. The van der Waals surface area contributed by atoms with Crippen LogP contribution in [0.2, 0.25) is 0 Å². The second-order valence-corrected chi connectivity index (χ2v) is 6.48. The van der Waals surface area contributed by atoms with Crippen LogP contribution in [0.3, 0.4) is 0 Å². The highest BCUT2D eigenvalue weighted by atomic mass is 35.5. The number of carbonyl (C=O) groups excluding carboxylic acids is 1. The van der Waals surface area contributed by atoms with Gasteiger partial charge in [-0.05, 0) is 25.5 Å². The SMILES string of the molecule is Cc1ccc(S(=O)(=O)N2C(=O)CCC2CCl)cc1. The predicted molar refractivity (Wildman–Crippen MR) is 69.0 cm³/mol. The van der Waals surface area contributed by atoms with Crippen molar-refractivity contribution in [1.29, 1.82) is 0 Å². The van der Waals surface area contributed by atoms with E-state index < -0.39 is 16.1 Å². The summed E-state index contributed by atoms with van der Waals surface area (Å²) in [5.74, 6) is -0.238. The highest BCUT2D eigenvalue weighted by Gasteiger charge is 2.39. The van der Waals surface area contributed by atoms with E-state index in [0.717, 1.165) is 9.87 Å². The Morgan fingerprint density at radius 1 is 1.33 bits per heavy atom. The molecule has 1 saturated heterocycles. The molecule has 0 radical (unpaired) electrons. The lowest BCUT2D eigenvalue weighted by atomic mass is 10.2. The third kappa shape index (κ3) is 2.24. The zero-order chi connectivity index (χ0) is 13.3. The van der Waals surface area contributed by atoms with Gasteiger partial charge >= 0.3 is 0 Å². The van der Waals surface area contributed by atoms with Gasteiger partial charge in [-0.25, -0.2) is 12.7 Å². The average Bonchev–Trinajstić information content (AvgIpc) is 2.71. The molecule has 4 nitrogen and oxygen atoms in total. The molecule has 1 aromatic rings. The number of amides is 1. The fourth-order valence-corrected chi connectivity index (χ4v) is 4.03.